The van der Waals surface area contributed by atoms with Crippen LogP contribution in [0.2, 0.25) is 0 Å². The fourth-order valence-electron chi connectivity index (χ4n) is 2.78. The van der Waals surface area contributed by atoms with E-state index in [1.165, 1.54) is 5.56 Å². The van der Waals surface area contributed by atoms with E-state index in [-0.39, 0.29) is 0 Å². The lowest BCUT2D eigenvalue weighted by Gasteiger charge is -2.26. The van der Waals surface area contributed by atoms with E-state index in [1.807, 2.05) is 12.1 Å². The zero-order valence-corrected chi connectivity index (χ0v) is 12.9. The maximum Gasteiger partial charge on any atom is 0.274 e. The van der Waals surface area contributed by atoms with Gasteiger partial charge >= 0.3 is 0 Å². The molecule has 0 aromatic heterocycles. The topological polar surface area (TPSA) is 61.8 Å². The Morgan fingerprint density at radius 2 is 2.00 bits per heavy atom. The first-order valence-corrected chi connectivity index (χ1v) is 7.73. The van der Waals surface area contributed by atoms with Crippen LogP contribution in [0.15, 0.2) is 48.5 Å². The molecule has 0 unspecified atom stereocenters. The van der Waals surface area contributed by atoms with Crippen molar-refractivity contribution in [1.29, 1.82) is 0 Å². The summed E-state index contributed by atoms with van der Waals surface area (Å²) in [7, 11) is 0. The van der Waals surface area contributed by atoms with Gasteiger partial charge in [0.25, 0.3) is 5.91 Å². The minimum atomic E-state index is -0.524. The Hall–Kier alpha value is -2.37. The molecule has 23 heavy (non-hydrogen) atoms. The predicted octanol–water partition coefficient (Wildman–Crippen LogP) is 2.24. The molecule has 0 atom stereocenters. The van der Waals surface area contributed by atoms with Gasteiger partial charge < -0.3 is 4.74 Å². The molecule has 2 N–H and O–H groups in total. The van der Waals surface area contributed by atoms with Crippen LogP contribution >= 0.6 is 0 Å². The second-order valence-electron chi connectivity index (χ2n) is 5.62. The van der Waals surface area contributed by atoms with Gasteiger partial charge in [0.2, 0.25) is 0 Å². The number of ether oxygens (including phenoxy) is 1. The number of carbonyl (C=O) groups is 1. The van der Waals surface area contributed by atoms with Gasteiger partial charge in [-0.05, 0) is 29.7 Å². The number of hydroxylamine groups is 1. The molecule has 0 fully saturated rings. The molecular formula is C18H20N2O3. The molecule has 2 aromatic rings. The van der Waals surface area contributed by atoms with Crippen molar-refractivity contribution in [3.63, 3.8) is 0 Å². The summed E-state index contributed by atoms with van der Waals surface area (Å²) >= 11 is 0. The van der Waals surface area contributed by atoms with Crippen molar-refractivity contribution in [2.45, 2.75) is 13.0 Å². The Balaban J connectivity index is 1.69. The van der Waals surface area contributed by atoms with Crippen molar-refractivity contribution < 1.29 is 14.7 Å². The summed E-state index contributed by atoms with van der Waals surface area (Å²) in [5, 5.41) is 8.72. The molecule has 120 valence electrons. The summed E-state index contributed by atoms with van der Waals surface area (Å²) in [5.74, 6) is 0.203. The van der Waals surface area contributed by atoms with Crippen LogP contribution in [0.4, 0.5) is 0 Å². The minimum Gasteiger partial charge on any atom is -0.492 e. The highest BCUT2D eigenvalue weighted by Gasteiger charge is 2.15. The molecule has 0 radical (unpaired) electrons. The number of fused-ring (bicyclic) bond motifs is 1. The van der Waals surface area contributed by atoms with Crippen LogP contribution in [-0.2, 0) is 13.0 Å². The molecular weight excluding hydrogens is 292 g/mol. The van der Waals surface area contributed by atoms with Gasteiger partial charge in [-0.3, -0.25) is 14.9 Å². The van der Waals surface area contributed by atoms with E-state index in [1.54, 1.807) is 17.6 Å². The number of carbonyl (C=O) groups excluding carboxylic acids is 1. The largest absolute Gasteiger partial charge is 0.492 e. The van der Waals surface area contributed by atoms with Crippen LogP contribution in [0.1, 0.15) is 21.5 Å². The van der Waals surface area contributed by atoms with E-state index in [0.717, 1.165) is 37.4 Å². The third-order valence-corrected chi connectivity index (χ3v) is 4.04. The smallest absolute Gasteiger partial charge is 0.274 e. The lowest BCUT2D eigenvalue weighted by Crippen LogP contribution is -2.32. The monoisotopic (exact) mass is 312 g/mol. The second kappa shape index (κ2) is 7.26. The zero-order valence-electron chi connectivity index (χ0n) is 12.9. The fraction of sp³-hybridized carbons (Fsp3) is 0.278. The number of hydrogen-bond donors (Lipinski definition) is 2. The van der Waals surface area contributed by atoms with Crippen molar-refractivity contribution in [2.24, 2.45) is 0 Å². The van der Waals surface area contributed by atoms with Crippen LogP contribution in [0.25, 0.3) is 0 Å². The number of nitrogens with zero attached hydrogens (tertiary/aromatic N) is 1. The molecule has 1 aliphatic heterocycles. The molecule has 0 bridgehead atoms. The van der Waals surface area contributed by atoms with Crippen molar-refractivity contribution in [3.8, 4) is 5.75 Å². The van der Waals surface area contributed by atoms with Crippen LogP contribution in [0, 0.1) is 0 Å². The number of nitrogens with one attached hydrogen (secondary N) is 1. The SMILES string of the molecule is O=C(NO)c1ccc2c(c1)OCCN(Cc1ccccc1)CC2. The van der Waals surface area contributed by atoms with Gasteiger partial charge in [0.1, 0.15) is 12.4 Å². The molecule has 0 spiro atoms. The standard InChI is InChI=1S/C18H20N2O3/c21-18(19-22)16-7-6-15-8-9-20(10-11-23-17(15)12-16)13-14-4-2-1-3-5-14/h1-7,12,22H,8-11,13H2,(H,19,21). The Labute approximate surface area is 135 Å². The molecule has 2 aromatic carbocycles. The number of amides is 1. The van der Waals surface area contributed by atoms with Gasteiger partial charge in [-0.1, -0.05) is 36.4 Å². The van der Waals surface area contributed by atoms with Gasteiger partial charge in [0.15, 0.2) is 0 Å². The van der Waals surface area contributed by atoms with Gasteiger partial charge in [0.05, 0.1) is 0 Å². The number of hydrogen-bond acceptors (Lipinski definition) is 4. The highest BCUT2D eigenvalue weighted by Crippen LogP contribution is 2.23. The highest BCUT2D eigenvalue weighted by atomic mass is 16.5. The van der Waals surface area contributed by atoms with Crippen molar-refractivity contribution in [1.82, 2.24) is 10.4 Å². The second-order valence-corrected chi connectivity index (χ2v) is 5.62. The van der Waals surface area contributed by atoms with E-state index >= 15 is 0 Å². The third kappa shape index (κ3) is 3.88. The molecule has 3 rings (SSSR count). The van der Waals surface area contributed by atoms with Gasteiger partial charge in [0, 0.05) is 25.2 Å². The normalized spacial score (nSPS) is 15.0. The Bertz CT molecular complexity index is 673. The van der Waals surface area contributed by atoms with E-state index in [2.05, 4.69) is 29.2 Å². The number of benzene rings is 2. The van der Waals surface area contributed by atoms with Crippen LogP contribution in [-0.4, -0.2) is 35.7 Å². The first kappa shape index (κ1) is 15.5. The Kier molecular flexibility index (Phi) is 4.90. The van der Waals surface area contributed by atoms with E-state index < -0.39 is 5.91 Å². The van der Waals surface area contributed by atoms with E-state index in [4.69, 9.17) is 9.94 Å². The minimum absolute atomic E-state index is 0.396. The maximum absolute atomic E-state index is 11.5. The average molecular weight is 312 g/mol. The lowest BCUT2D eigenvalue weighted by atomic mass is 10.1. The van der Waals surface area contributed by atoms with Crippen molar-refractivity contribution >= 4 is 5.91 Å². The maximum atomic E-state index is 11.5. The lowest BCUT2D eigenvalue weighted by molar-refractivity contribution is 0.0705. The van der Waals surface area contributed by atoms with Gasteiger partial charge in [-0.2, -0.15) is 0 Å². The average Bonchev–Trinajstić information content (AvgIpc) is 2.58. The predicted molar refractivity (Wildman–Crippen MR) is 86.6 cm³/mol. The summed E-state index contributed by atoms with van der Waals surface area (Å²) in [5.41, 5.74) is 4.42. The molecule has 0 saturated carbocycles. The summed E-state index contributed by atoms with van der Waals surface area (Å²) in [4.78, 5) is 13.9. The summed E-state index contributed by atoms with van der Waals surface area (Å²) in [6, 6.07) is 15.7. The zero-order chi connectivity index (χ0) is 16.1. The first-order valence-electron chi connectivity index (χ1n) is 7.73. The molecule has 1 heterocycles. The highest BCUT2D eigenvalue weighted by molar-refractivity contribution is 5.93. The van der Waals surface area contributed by atoms with Crippen LogP contribution < -0.4 is 10.2 Å². The number of rotatable bonds is 3. The van der Waals surface area contributed by atoms with Gasteiger partial charge in [-0.25, -0.2) is 5.48 Å². The third-order valence-electron chi connectivity index (χ3n) is 4.04. The molecule has 1 aliphatic rings. The quantitative estimate of drug-likeness (QED) is 0.674. The summed E-state index contributed by atoms with van der Waals surface area (Å²) in [6.07, 6.45) is 0.864. The molecule has 1 amide bonds. The van der Waals surface area contributed by atoms with E-state index in [0.29, 0.717) is 12.2 Å². The molecule has 5 heteroatoms. The molecule has 5 nitrogen and oxygen atoms in total. The van der Waals surface area contributed by atoms with Gasteiger partial charge in [-0.15, -0.1) is 0 Å². The van der Waals surface area contributed by atoms with E-state index in [9.17, 15) is 4.79 Å². The van der Waals surface area contributed by atoms with Crippen LogP contribution in [0.5, 0.6) is 5.75 Å². The Morgan fingerprint density at radius 3 is 2.78 bits per heavy atom. The van der Waals surface area contributed by atoms with Crippen molar-refractivity contribution in [2.75, 3.05) is 19.7 Å². The fourth-order valence-corrected chi connectivity index (χ4v) is 2.78. The first-order chi connectivity index (χ1) is 11.3. The summed E-state index contributed by atoms with van der Waals surface area (Å²) < 4.78 is 5.83. The van der Waals surface area contributed by atoms with Crippen molar-refractivity contribution in [3.05, 3.63) is 65.2 Å². The molecule has 0 saturated heterocycles. The summed E-state index contributed by atoms with van der Waals surface area (Å²) in [6.45, 7) is 3.26. The molecule has 0 aliphatic carbocycles. The Morgan fingerprint density at radius 1 is 1.17 bits per heavy atom. The van der Waals surface area contributed by atoms with Crippen LogP contribution in [0.3, 0.4) is 0 Å².